The lowest BCUT2D eigenvalue weighted by atomic mass is 10.3. The first-order chi connectivity index (χ1) is 11.7. The molecule has 0 saturated carbocycles. The van der Waals surface area contributed by atoms with Crippen LogP contribution in [-0.4, -0.2) is 33.7 Å². The Hall–Kier alpha value is -2.57. The van der Waals surface area contributed by atoms with Gasteiger partial charge in [-0.3, -0.25) is 4.79 Å². The van der Waals surface area contributed by atoms with E-state index < -0.39 is 0 Å². The van der Waals surface area contributed by atoms with Crippen LogP contribution in [0.15, 0.2) is 48.5 Å². The van der Waals surface area contributed by atoms with Crippen LogP contribution in [0.5, 0.6) is 0 Å². The van der Waals surface area contributed by atoms with Gasteiger partial charge in [0.1, 0.15) is 6.54 Å². The van der Waals surface area contributed by atoms with E-state index in [-0.39, 0.29) is 19.1 Å². The first kappa shape index (κ1) is 16.3. The van der Waals surface area contributed by atoms with E-state index in [4.69, 9.17) is 16.7 Å². The molecule has 6 nitrogen and oxygen atoms in total. The van der Waals surface area contributed by atoms with Crippen molar-refractivity contribution in [1.29, 1.82) is 0 Å². The van der Waals surface area contributed by atoms with Crippen molar-refractivity contribution in [2.45, 2.75) is 6.54 Å². The van der Waals surface area contributed by atoms with Crippen LogP contribution in [-0.2, 0) is 11.3 Å². The largest absolute Gasteiger partial charge is 0.395 e. The van der Waals surface area contributed by atoms with Crippen molar-refractivity contribution in [2.75, 3.05) is 23.8 Å². The van der Waals surface area contributed by atoms with Crippen molar-refractivity contribution in [2.24, 2.45) is 0 Å². The molecule has 0 atom stereocenters. The number of aromatic nitrogens is 2. The van der Waals surface area contributed by atoms with E-state index in [2.05, 4.69) is 15.6 Å². The number of anilines is 2. The molecule has 0 spiro atoms. The number of rotatable bonds is 6. The number of aliphatic hydroxyl groups excluding tert-OH is 1. The van der Waals surface area contributed by atoms with Crippen molar-refractivity contribution < 1.29 is 9.90 Å². The standard InChI is InChI=1S/C17H17ClN4O2/c18-12-4-3-5-13(10-12)20-16(24)11-22-15-7-2-1-6-14(15)21-17(22)19-8-9-23/h1-7,10,23H,8-9,11H2,(H,19,21)(H,20,24). The summed E-state index contributed by atoms with van der Waals surface area (Å²) in [5.74, 6) is 0.360. The molecule has 0 aliphatic carbocycles. The molecule has 0 aliphatic heterocycles. The number of benzene rings is 2. The van der Waals surface area contributed by atoms with Crippen molar-refractivity contribution in [3.8, 4) is 0 Å². The van der Waals surface area contributed by atoms with Crippen molar-refractivity contribution in [3.05, 3.63) is 53.6 Å². The van der Waals surface area contributed by atoms with Gasteiger partial charge in [0, 0.05) is 17.3 Å². The van der Waals surface area contributed by atoms with E-state index in [9.17, 15) is 4.79 Å². The third-order valence-electron chi connectivity index (χ3n) is 3.46. The summed E-state index contributed by atoms with van der Waals surface area (Å²) in [6.07, 6.45) is 0. The fourth-order valence-corrected chi connectivity index (χ4v) is 2.64. The third-order valence-corrected chi connectivity index (χ3v) is 3.69. The number of hydrogen-bond donors (Lipinski definition) is 3. The predicted molar refractivity (Wildman–Crippen MR) is 95.4 cm³/mol. The van der Waals surface area contributed by atoms with Crippen LogP contribution in [0.4, 0.5) is 11.6 Å². The van der Waals surface area contributed by atoms with E-state index in [1.807, 2.05) is 24.3 Å². The van der Waals surface area contributed by atoms with Crippen LogP contribution < -0.4 is 10.6 Å². The van der Waals surface area contributed by atoms with E-state index >= 15 is 0 Å². The number of halogens is 1. The van der Waals surface area contributed by atoms with E-state index in [0.29, 0.717) is 23.2 Å². The molecule has 2 aromatic carbocycles. The maximum absolute atomic E-state index is 12.4. The molecule has 0 fully saturated rings. The van der Waals surface area contributed by atoms with Gasteiger partial charge >= 0.3 is 0 Å². The van der Waals surface area contributed by atoms with Crippen molar-refractivity contribution in [1.82, 2.24) is 9.55 Å². The normalized spacial score (nSPS) is 10.8. The summed E-state index contributed by atoms with van der Waals surface area (Å²) >= 11 is 5.93. The Morgan fingerprint density at radius 1 is 1.21 bits per heavy atom. The molecule has 1 heterocycles. The van der Waals surface area contributed by atoms with Gasteiger partial charge in [-0.15, -0.1) is 0 Å². The minimum absolute atomic E-state index is 0.0160. The van der Waals surface area contributed by atoms with Gasteiger partial charge in [0.15, 0.2) is 0 Å². The first-order valence-electron chi connectivity index (χ1n) is 7.53. The summed E-state index contributed by atoms with van der Waals surface area (Å²) in [5.41, 5.74) is 2.27. The van der Waals surface area contributed by atoms with Crippen LogP contribution in [0, 0.1) is 0 Å². The molecule has 24 heavy (non-hydrogen) atoms. The van der Waals surface area contributed by atoms with Gasteiger partial charge in [0.25, 0.3) is 0 Å². The first-order valence-corrected chi connectivity index (χ1v) is 7.90. The van der Waals surface area contributed by atoms with Crippen molar-refractivity contribution in [3.63, 3.8) is 0 Å². The number of para-hydroxylation sites is 2. The number of fused-ring (bicyclic) bond motifs is 1. The summed E-state index contributed by atoms with van der Waals surface area (Å²) in [5, 5.41) is 15.4. The molecule has 0 saturated heterocycles. The minimum Gasteiger partial charge on any atom is -0.395 e. The lowest BCUT2D eigenvalue weighted by Gasteiger charge is -2.11. The Kier molecular flexibility index (Phi) is 4.98. The topological polar surface area (TPSA) is 79.2 Å². The summed E-state index contributed by atoms with van der Waals surface area (Å²) in [6.45, 7) is 0.442. The quantitative estimate of drug-likeness (QED) is 0.642. The van der Waals surface area contributed by atoms with Crippen LogP contribution in [0.25, 0.3) is 11.0 Å². The summed E-state index contributed by atoms with van der Waals surface area (Å²) in [7, 11) is 0. The number of imidazole rings is 1. The highest BCUT2D eigenvalue weighted by Crippen LogP contribution is 2.20. The maximum atomic E-state index is 12.4. The predicted octanol–water partition coefficient (Wildman–Crippen LogP) is 2.73. The van der Waals surface area contributed by atoms with Gasteiger partial charge in [-0.2, -0.15) is 0 Å². The number of aliphatic hydroxyl groups is 1. The Balaban J connectivity index is 1.83. The van der Waals surface area contributed by atoms with Gasteiger partial charge in [0.2, 0.25) is 11.9 Å². The average Bonchev–Trinajstić information content (AvgIpc) is 2.90. The zero-order valence-corrected chi connectivity index (χ0v) is 13.6. The number of amides is 1. The molecule has 0 unspecified atom stereocenters. The number of nitrogens with zero attached hydrogens (tertiary/aromatic N) is 2. The molecular formula is C17H17ClN4O2. The molecule has 0 radical (unpaired) electrons. The molecule has 7 heteroatoms. The van der Waals surface area contributed by atoms with Crippen LogP contribution in [0.2, 0.25) is 5.02 Å². The molecule has 0 bridgehead atoms. The summed E-state index contributed by atoms with van der Waals surface area (Å²) in [6, 6.07) is 14.6. The zero-order chi connectivity index (χ0) is 16.9. The average molecular weight is 345 g/mol. The molecule has 3 rings (SSSR count). The second-order valence-electron chi connectivity index (χ2n) is 5.22. The summed E-state index contributed by atoms with van der Waals surface area (Å²) < 4.78 is 1.78. The van der Waals surface area contributed by atoms with E-state index in [1.54, 1.807) is 28.8 Å². The molecule has 124 valence electrons. The Labute approximate surface area is 144 Å². The number of nitrogens with one attached hydrogen (secondary N) is 2. The van der Waals surface area contributed by atoms with Gasteiger partial charge in [0.05, 0.1) is 17.6 Å². The van der Waals surface area contributed by atoms with Crippen LogP contribution in [0.3, 0.4) is 0 Å². The molecule has 1 aromatic heterocycles. The van der Waals surface area contributed by atoms with Gasteiger partial charge in [-0.1, -0.05) is 29.8 Å². The number of hydrogen-bond acceptors (Lipinski definition) is 4. The smallest absolute Gasteiger partial charge is 0.244 e. The minimum atomic E-state index is -0.188. The molecule has 3 N–H and O–H groups in total. The molecule has 0 aliphatic rings. The highest BCUT2D eigenvalue weighted by atomic mass is 35.5. The highest BCUT2D eigenvalue weighted by molar-refractivity contribution is 6.30. The fraction of sp³-hybridized carbons (Fsp3) is 0.176. The summed E-state index contributed by atoms with van der Waals surface area (Å²) in [4.78, 5) is 16.8. The van der Waals surface area contributed by atoms with Gasteiger partial charge in [-0.25, -0.2) is 4.98 Å². The zero-order valence-electron chi connectivity index (χ0n) is 12.9. The van der Waals surface area contributed by atoms with E-state index in [0.717, 1.165) is 11.0 Å². The van der Waals surface area contributed by atoms with Gasteiger partial charge in [-0.05, 0) is 30.3 Å². The lowest BCUT2D eigenvalue weighted by Crippen LogP contribution is -2.21. The third kappa shape index (κ3) is 3.67. The van der Waals surface area contributed by atoms with Crippen molar-refractivity contribution >= 4 is 40.2 Å². The molecule has 3 aromatic rings. The Morgan fingerprint density at radius 3 is 2.83 bits per heavy atom. The fourth-order valence-electron chi connectivity index (χ4n) is 2.45. The maximum Gasteiger partial charge on any atom is 0.244 e. The van der Waals surface area contributed by atoms with E-state index in [1.165, 1.54) is 0 Å². The Morgan fingerprint density at radius 2 is 2.04 bits per heavy atom. The second kappa shape index (κ2) is 7.33. The van der Waals surface area contributed by atoms with Crippen LogP contribution in [0.1, 0.15) is 0 Å². The number of carbonyl (C=O) groups excluding carboxylic acids is 1. The number of carbonyl (C=O) groups is 1. The van der Waals surface area contributed by atoms with Gasteiger partial charge < -0.3 is 20.3 Å². The molecule has 1 amide bonds. The second-order valence-corrected chi connectivity index (χ2v) is 5.66. The Bertz CT molecular complexity index is 863. The lowest BCUT2D eigenvalue weighted by molar-refractivity contribution is -0.116. The van der Waals surface area contributed by atoms with Crippen LogP contribution >= 0.6 is 11.6 Å². The monoisotopic (exact) mass is 344 g/mol. The molecular weight excluding hydrogens is 328 g/mol. The highest BCUT2D eigenvalue weighted by Gasteiger charge is 2.13. The SMILES string of the molecule is O=C(Cn1c(NCCO)nc2ccccc21)Nc1cccc(Cl)c1.